The number of benzene rings is 1. The normalized spacial score (nSPS) is 31.6. The SMILES string of the molecule is NC(Cc1cccc(Br)c1)C1CCC2CCCCC2C1. The molecule has 4 unspecified atom stereocenters. The van der Waals surface area contributed by atoms with E-state index in [-0.39, 0.29) is 0 Å². The standard InChI is InChI=1S/C18H26BrN/c19-17-7-3-4-13(10-17)11-18(20)16-9-8-14-5-1-2-6-15(14)12-16/h3-4,7,10,14-16,18H,1-2,5-6,8-9,11-12,20H2. The lowest BCUT2D eigenvalue weighted by Gasteiger charge is -2.41. The van der Waals surface area contributed by atoms with Crippen LogP contribution in [0.2, 0.25) is 0 Å². The summed E-state index contributed by atoms with van der Waals surface area (Å²) in [4.78, 5) is 0. The summed E-state index contributed by atoms with van der Waals surface area (Å²) in [5, 5.41) is 0. The van der Waals surface area contributed by atoms with Crippen molar-refractivity contribution in [2.45, 2.75) is 57.4 Å². The van der Waals surface area contributed by atoms with Crippen LogP contribution in [0.5, 0.6) is 0 Å². The van der Waals surface area contributed by atoms with Crippen molar-refractivity contribution in [2.75, 3.05) is 0 Å². The summed E-state index contributed by atoms with van der Waals surface area (Å²) in [5.41, 5.74) is 7.91. The first-order valence-corrected chi connectivity index (χ1v) is 9.01. The second-order valence-corrected chi connectivity index (χ2v) is 7.79. The third kappa shape index (κ3) is 3.46. The third-order valence-corrected chi connectivity index (χ3v) is 6.04. The molecule has 0 aromatic heterocycles. The molecule has 0 aliphatic heterocycles. The zero-order chi connectivity index (χ0) is 13.9. The van der Waals surface area contributed by atoms with Gasteiger partial charge < -0.3 is 5.73 Å². The Balaban J connectivity index is 1.58. The highest BCUT2D eigenvalue weighted by molar-refractivity contribution is 9.10. The van der Waals surface area contributed by atoms with Crippen LogP contribution < -0.4 is 5.73 Å². The molecular weight excluding hydrogens is 310 g/mol. The van der Waals surface area contributed by atoms with Crippen LogP contribution in [0.3, 0.4) is 0 Å². The van der Waals surface area contributed by atoms with E-state index in [9.17, 15) is 0 Å². The van der Waals surface area contributed by atoms with Crippen molar-refractivity contribution < 1.29 is 0 Å². The van der Waals surface area contributed by atoms with Gasteiger partial charge in [-0.3, -0.25) is 0 Å². The summed E-state index contributed by atoms with van der Waals surface area (Å²) >= 11 is 3.55. The molecule has 3 rings (SSSR count). The number of rotatable bonds is 3. The molecule has 0 bridgehead atoms. The molecule has 1 nitrogen and oxygen atoms in total. The fraction of sp³-hybridized carbons (Fsp3) is 0.667. The molecule has 0 spiro atoms. The van der Waals surface area contributed by atoms with Gasteiger partial charge in [-0.2, -0.15) is 0 Å². The van der Waals surface area contributed by atoms with E-state index in [1.807, 2.05) is 0 Å². The predicted molar refractivity (Wildman–Crippen MR) is 88.6 cm³/mol. The van der Waals surface area contributed by atoms with Crippen LogP contribution in [0.1, 0.15) is 50.5 Å². The molecule has 4 atom stereocenters. The van der Waals surface area contributed by atoms with E-state index in [4.69, 9.17) is 5.73 Å². The van der Waals surface area contributed by atoms with Crippen molar-refractivity contribution in [3.05, 3.63) is 34.3 Å². The molecule has 0 saturated heterocycles. The Labute approximate surface area is 131 Å². The molecule has 20 heavy (non-hydrogen) atoms. The maximum Gasteiger partial charge on any atom is 0.0178 e. The van der Waals surface area contributed by atoms with E-state index in [1.54, 1.807) is 0 Å². The van der Waals surface area contributed by atoms with Gasteiger partial charge in [0.2, 0.25) is 0 Å². The van der Waals surface area contributed by atoms with Crippen LogP contribution in [-0.4, -0.2) is 6.04 Å². The van der Waals surface area contributed by atoms with Crippen molar-refractivity contribution in [3.8, 4) is 0 Å². The molecule has 2 aliphatic carbocycles. The molecule has 0 amide bonds. The maximum atomic E-state index is 6.54. The largest absolute Gasteiger partial charge is 0.327 e. The second-order valence-electron chi connectivity index (χ2n) is 6.88. The van der Waals surface area contributed by atoms with Crippen LogP contribution in [0.25, 0.3) is 0 Å². The molecular formula is C18H26BrN. The monoisotopic (exact) mass is 335 g/mol. The van der Waals surface area contributed by atoms with Crippen LogP contribution in [0, 0.1) is 17.8 Å². The Morgan fingerprint density at radius 1 is 1.10 bits per heavy atom. The summed E-state index contributed by atoms with van der Waals surface area (Å²) in [6, 6.07) is 8.96. The second kappa shape index (κ2) is 6.62. The first-order valence-electron chi connectivity index (χ1n) is 8.22. The van der Waals surface area contributed by atoms with Crippen molar-refractivity contribution in [1.29, 1.82) is 0 Å². The van der Waals surface area contributed by atoms with Crippen LogP contribution in [-0.2, 0) is 6.42 Å². The molecule has 2 saturated carbocycles. The smallest absolute Gasteiger partial charge is 0.0178 e. The Morgan fingerprint density at radius 2 is 1.90 bits per heavy atom. The number of fused-ring (bicyclic) bond motifs is 1. The van der Waals surface area contributed by atoms with Gasteiger partial charge in [0.1, 0.15) is 0 Å². The van der Waals surface area contributed by atoms with Gasteiger partial charge in [-0.25, -0.2) is 0 Å². The number of halogens is 1. The van der Waals surface area contributed by atoms with Gasteiger partial charge in [-0.15, -0.1) is 0 Å². The van der Waals surface area contributed by atoms with Gasteiger partial charge in [0, 0.05) is 10.5 Å². The quantitative estimate of drug-likeness (QED) is 0.832. The summed E-state index contributed by atoms with van der Waals surface area (Å²) in [7, 11) is 0. The first-order chi connectivity index (χ1) is 9.72. The Morgan fingerprint density at radius 3 is 2.70 bits per heavy atom. The van der Waals surface area contributed by atoms with Crippen LogP contribution >= 0.6 is 15.9 Å². The molecule has 2 heteroatoms. The lowest BCUT2D eigenvalue weighted by atomic mass is 9.66. The van der Waals surface area contributed by atoms with Gasteiger partial charge in [0.05, 0.1) is 0 Å². The van der Waals surface area contributed by atoms with Gasteiger partial charge in [0.25, 0.3) is 0 Å². The van der Waals surface area contributed by atoms with E-state index in [0.29, 0.717) is 6.04 Å². The molecule has 1 aromatic carbocycles. The molecule has 2 N–H and O–H groups in total. The Hall–Kier alpha value is -0.340. The molecule has 2 fully saturated rings. The molecule has 0 radical (unpaired) electrons. The number of hydrogen-bond acceptors (Lipinski definition) is 1. The third-order valence-electron chi connectivity index (χ3n) is 5.55. The highest BCUT2D eigenvalue weighted by Gasteiger charge is 2.34. The average Bonchev–Trinajstić information content (AvgIpc) is 2.47. The summed E-state index contributed by atoms with van der Waals surface area (Å²) < 4.78 is 1.16. The van der Waals surface area contributed by atoms with Gasteiger partial charge in [-0.1, -0.05) is 53.7 Å². The molecule has 110 valence electrons. The molecule has 0 heterocycles. The minimum absolute atomic E-state index is 0.340. The predicted octanol–water partition coefficient (Wildman–Crippen LogP) is 4.93. The summed E-state index contributed by atoms with van der Waals surface area (Å²) in [5.74, 6) is 2.75. The van der Waals surface area contributed by atoms with Crippen molar-refractivity contribution >= 4 is 15.9 Å². The number of nitrogens with two attached hydrogens (primary N) is 1. The Bertz CT molecular complexity index is 445. The van der Waals surface area contributed by atoms with Crippen LogP contribution in [0.15, 0.2) is 28.7 Å². The van der Waals surface area contributed by atoms with Gasteiger partial charge in [0.15, 0.2) is 0 Å². The van der Waals surface area contributed by atoms with Crippen molar-refractivity contribution in [2.24, 2.45) is 23.5 Å². The van der Waals surface area contributed by atoms with Gasteiger partial charge >= 0.3 is 0 Å². The first kappa shape index (κ1) is 14.6. The zero-order valence-corrected chi connectivity index (χ0v) is 13.8. The fourth-order valence-electron chi connectivity index (χ4n) is 4.40. The summed E-state index contributed by atoms with van der Waals surface area (Å²) in [6.07, 6.45) is 11.1. The number of hydrogen-bond donors (Lipinski definition) is 1. The van der Waals surface area contributed by atoms with E-state index in [0.717, 1.165) is 28.6 Å². The van der Waals surface area contributed by atoms with Gasteiger partial charge in [-0.05, 0) is 61.1 Å². The maximum absolute atomic E-state index is 6.54. The van der Waals surface area contributed by atoms with Crippen molar-refractivity contribution in [1.82, 2.24) is 0 Å². The summed E-state index contributed by atoms with van der Waals surface area (Å²) in [6.45, 7) is 0. The Kier molecular flexibility index (Phi) is 4.83. The van der Waals surface area contributed by atoms with E-state index in [2.05, 4.69) is 40.2 Å². The van der Waals surface area contributed by atoms with Crippen LogP contribution in [0.4, 0.5) is 0 Å². The van der Waals surface area contributed by atoms with E-state index < -0.39 is 0 Å². The topological polar surface area (TPSA) is 26.0 Å². The van der Waals surface area contributed by atoms with E-state index >= 15 is 0 Å². The highest BCUT2D eigenvalue weighted by Crippen LogP contribution is 2.43. The lowest BCUT2D eigenvalue weighted by molar-refractivity contribution is 0.117. The molecule has 1 aromatic rings. The van der Waals surface area contributed by atoms with E-state index in [1.165, 1.54) is 50.5 Å². The minimum atomic E-state index is 0.340. The lowest BCUT2D eigenvalue weighted by Crippen LogP contribution is -2.38. The zero-order valence-electron chi connectivity index (χ0n) is 12.2. The van der Waals surface area contributed by atoms with Crippen molar-refractivity contribution in [3.63, 3.8) is 0 Å². The highest BCUT2D eigenvalue weighted by atomic mass is 79.9. The fourth-order valence-corrected chi connectivity index (χ4v) is 4.85. The average molecular weight is 336 g/mol. The molecule has 2 aliphatic rings. The minimum Gasteiger partial charge on any atom is -0.327 e.